The first-order valence-corrected chi connectivity index (χ1v) is 13.5. The molecule has 0 radical (unpaired) electrons. The zero-order valence-corrected chi connectivity index (χ0v) is 25.2. The molecule has 0 unspecified atom stereocenters. The van der Waals surface area contributed by atoms with Crippen LogP contribution in [0.25, 0.3) is 0 Å². The van der Waals surface area contributed by atoms with Crippen LogP contribution in [0, 0.1) is 10.1 Å². The van der Waals surface area contributed by atoms with Crippen molar-refractivity contribution in [1.29, 1.82) is 0 Å². The van der Waals surface area contributed by atoms with Crippen molar-refractivity contribution in [2.45, 2.75) is 43.7 Å². The zero-order valence-electron chi connectivity index (χ0n) is 25.2. The van der Waals surface area contributed by atoms with E-state index in [1.807, 2.05) is 0 Å². The molecule has 0 aromatic heterocycles. The molecule has 254 valence electrons. The average molecular weight is 660 g/mol. The fraction of sp³-hybridized carbons (Fsp3) is 0.577. The minimum Gasteiger partial charge on any atom is -0.465 e. The Bertz CT molecular complexity index is 1200. The van der Waals surface area contributed by atoms with Gasteiger partial charge < -0.3 is 58.0 Å². The van der Waals surface area contributed by atoms with E-state index in [4.69, 9.17) is 37.9 Å². The van der Waals surface area contributed by atoms with Gasteiger partial charge in [-0.2, -0.15) is 0 Å². The first-order chi connectivity index (χ1) is 21.8. The number of nitrogens with zero attached hydrogens (tertiary/aromatic N) is 1. The maximum atomic E-state index is 12.4. The number of hydrogen-bond acceptors (Lipinski definition) is 17. The molecule has 2 aliphatic rings. The van der Waals surface area contributed by atoms with E-state index in [1.165, 1.54) is 26.0 Å². The number of carbonyl (C=O) groups excluding carboxylic acids is 5. The van der Waals surface area contributed by atoms with Crippen molar-refractivity contribution in [3.63, 3.8) is 0 Å². The van der Waals surface area contributed by atoms with Gasteiger partial charge in [0, 0.05) is 26.0 Å². The Balaban J connectivity index is 1.53. The molecule has 3 rings (SSSR count). The molecule has 2 fully saturated rings. The van der Waals surface area contributed by atoms with E-state index >= 15 is 0 Å². The third-order valence-electron chi connectivity index (χ3n) is 6.30. The summed E-state index contributed by atoms with van der Waals surface area (Å²) in [7, 11) is 2.32. The Hall–Kier alpha value is -4.79. The number of amides is 2. The topological polar surface area (TPSA) is 245 Å². The fourth-order valence-electron chi connectivity index (χ4n) is 3.76. The van der Waals surface area contributed by atoms with Gasteiger partial charge >= 0.3 is 30.3 Å². The third kappa shape index (κ3) is 10.1. The summed E-state index contributed by atoms with van der Waals surface area (Å²) < 4.78 is 51.1. The Labute approximate surface area is 260 Å². The molecule has 0 spiro atoms. The van der Waals surface area contributed by atoms with Gasteiger partial charge in [-0.05, 0) is 12.1 Å². The second-order valence-electron chi connectivity index (χ2n) is 9.78. The molecule has 20 heteroatoms. The second kappa shape index (κ2) is 16.0. The van der Waals surface area contributed by atoms with Crippen molar-refractivity contribution >= 4 is 36.0 Å². The summed E-state index contributed by atoms with van der Waals surface area (Å²) in [6, 6.07) is 4.54. The highest BCUT2D eigenvalue weighted by atomic mass is 16.8. The summed E-state index contributed by atoms with van der Waals surface area (Å²) in [6.07, 6.45) is -6.30. The van der Waals surface area contributed by atoms with E-state index in [1.54, 1.807) is 0 Å². The van der Waals surface area contributed by atoms with Crippen LogP contribution in [0.5, 0.6) is 5.75 Å². The lowest BCUT2D eigenvalue weighted by Gasteiger charge is -2.34. The number of carbonyl (C=O) groups is 5. The Morgan fingerprint density at radius 1 is 0.826 bits per heavy atom. The summed E-state index contributed by atoms with van der Waals surface area (Å²) in [5.74, 6) is -4.95. The number of rotatable bonds is 11. The van der Waals surface area contributed by atoms with Crippen LogP contribution in [0.3, 0.4) is 0 Å². The fourth-order valence-corrected chi connectivity index (χ4v) is 3.76. The van der Waals surface area contributed by atoms with Crippen LogP contribution in [0.15, 0.2) is 24.3 Å². The summed E-state index contributed by atoms with van der Waals surface area (Å²) in [5, 5.41) is 15.6. The number of benzene rings is 1. The number of hydrogen-bond donors (Lipinski definition) is 2. The number of esters is 2. The standard InChI is InChI=1S/C26H33N3O17/c1-25(20(30)37-3)39-11-18(12-40-25)43-22(32)27-9-17(46-24(34)45-16-7-5-15(6-8-16)29(35)36)10-28-23(33)44-19-13-41-26(2,42-14-19)21(31)38-4/h5-8,17-19H,9-14H2,1-4H3,(H,27,32)(H,28,33). The summed E-state index contributed by atoms with van der Waals surface area (Å²) in [6.45, 7) is 1.11. The van der Waals surface area contributed by atoms with E-state index in [-0.39, 0.29) is 37.9 Å². The Morgan fingerprint density at radius 3 is 1.61 bits per heavy atom. The number of ether oxygens (including phenoxy) is 10. The minimum absolute atomic E-state index is 0.0819. The lowest BCUT2D eigenvalue weighted by atomic mass is 10.2. The number of nitro groups is 1. The molecule has 2 saturated heterocycles. The molecular formula is C26H33N3O17. The predicted octanol–water partition coefficient (Wildman–Crippen LogP) is 0.540. The SMILES string of the molecule is COC(=O)C1(C)OCC(OC(=O)NCC(CNC(=O)OC2COC(C)(C(=O)OC)OC2)OC(=O)Oc2ccc([N+](=O)[O-])cc2)CO1. The average Bonchev–Trinajstić information content (AvgIpc) is 3.04. The minimum atomic E-state index is -1.66. The molecule has 2 amide bonds. The number of nitrogens with one attached hydrogen (secondary N) is 2. The van der Waals surface area contributed by atoms with E-state index in [2.05, 4.69) is 20.1 Å². The maximum Gasteiger partial charge on any atom is 0.514 e. The molecule has 0 aliphatic carbocycles. The Morgan fingerprint density at radius 2 is 1.24 bits per heavy atom. The van der Waals surface area contributed by atoms with Gasteiger partial charge in [0.1, 0.15) is 11.9 Å². The lowest BCUT2D eigenvalue weighted by Crippen LogP contribution is -2.52. The molecule has 0 atom stereocenters. The first kappa shape index (κ1) is 35.7. The van der Waals surface area contributed by atoms with Gasteiger partial charge in [-0.15, -0.1) is 0 Å². The number of nitro benzene ring substituents is 1. The number of non-ortho nitro benzene ring substituents is 1. The smallest absolute Gasteiger partial charge is 0.465 e. The zero-order chi connectivity index (χ0) is 33.9. The Kier molecular flexibility index (Phi) is 12.4. The molecule has 0 saturated carbocycles. The van der Waals surface area contributed by atoms with Gasteiger partial charge in [-0.25, -0.2) is 24.0 Å². The van der Waals surface area contributed by atoms with Gasteiger partial charge in [0.25, 0.3) is 17.3 Å². The van der Waals surface area contributed by atoms with Crippen molar-refractivity contribution in [2.75, 3.05) is 53.7 Å². The van der Waals surface area contributed by atoms with Gasteiger partial charge in [0.15, 0.2) is 12.2 Å². The van der Waals surface area contributed by atoms with Crippen molar-refractivity contribution < 1.29 is 76.3 Å². The van der Waals surface area contributed by atoms with Gasteiger partial charge in [0.2, 0.25) is 0 Å². The molecule has 46 heavy (non-hydrogen) atoms. The molecule has 1 aromatic carbocycles. The van der Waals surface area contributed by atoms with E-state index in [0.29, 0.717) is 0 Å². The molecule has 2 heterocycles. The molecular weight excluding hydrogens is 626 g/mol. The van der Waals surface area contributed by atoms with Crippen molar-refractivity contribution in [3.05, 3.63) is 34.4 Å². The van der Waals surface area contributed by atoms with Crippen LogP contribution in [-0.2, 0) is 52.2 Å². The monoisotopic (exact) mass is 659 g/mol. The highest BCUT2D eigenvalue weighted by molar-refractivity contribution is 5.77. The molecule has 20 nitrogen and oxygen atoms in total. The van der Waals surface area contributed by atoms with Crippen molar-refractivity contribution in [2.24, 2.45) is 0 Å². The molecule has 2 N–H and O–H groups in total. The quantitative estimate of drug-likeness (QED) is 0.108. The van der Waals surface area contributed by atoms with Crippen LogP contribution in [0.1, 0.15) is 13.8 Å². The highest BCUT2D eigenvalue weighted by Gasteiger charge is 2.43. The first-order valence-electron chi connectivity index (χ1n) is 13.5. The normalized spacial score (nSPS) is 24.7. The summed E-state index contributed by atoms with van der Waals surface area (Å²) in [4.78, 5) is 71.0. The van der Waals surface area contributed by atoms with Gasteiger partial charge in [0.05, 0.1) is 58.7 Å². The van der Waals surface area contributed by atoms with Crippen molar-refractivity contribution in [1.82, 2.24) is 10.6 Å². The number of methoxy groups -OCH3 is 2. The van der Waals surface area contributed by atoms with Crippen LogP contribution < -0.4 is 15.4 Å². The summed E-state index contributed by atoms with van der Waals surface area (Å²) in [5.41, 5.74) is -0.239. The highest BCUT2D eigenvalue weighted by Crippen LogP contribution is 2.23. The van der Waals surface area contributed by atoms with E-state index in [0.717, 1.165) is 26.4 Å². The van der Waals surface area contributed by atoms with E-state index in [9.17, 15) is 34.1 Å². The van der Waals surface area contributed by atoms with Crippen LogP contribution >= 0.6 is 0 Å². The third-order valence-corrected chi connectivity index (χ3v) is 6.30. The predicted molar refractivity (Wildman–Crippen MR) is 145 cm³/mol. The van der Waals surface area contributed by atoms with Crippen LogP contribution in [0.4, 0.5) is 20.1 Å². The largest absolute Gasteiger partial charge is 0.514 e. The molecule has 0 bridgehead atoms. The van der Waals surface area contributed by atoms with E-state index < -0.39 is 78.2 Å². The molecule has 2 aliphatic heterocycles. The van der Waals surface area contributed by atoms with Crippen LogP contribution in [-0.4, -0.2) is 119 Å². The molecule has 1 aromatic rings. The van der Waals surface area contributed by atoms with Crippen LogP contribution in [0.2, 0.25) is 0 Å². The maximum absolute atomic E-state index is 12.4. The lowest BCUT2D eigenvalue weighted by molar-refractivity contribution is -0.384. The number of alkyl carbamates (subject to hydrolysis) is 2. The summed E-state index contributed by atoms with van der Waals surface area (Å²) >= 11 is 0. The van der Waals surface area contributed by atoms with Gasteiger partial charge in [-0.1, -0.05) is 0 Å². The second-order valence-corrected chi connectivity index (χ2v) is 9.78. The van der Waals surface area contributed by atoms with Gasteiger partial charge in [-0.3, -0.25) is 10.1 Å². The van der Waals surface area contributed by atoms with Crippen molar-refractivity contribution in [3.8, 4) is 5.75 Å².